The number of hydrogen-bond donors (Lipinski definition) is 1. The zero-order valence-corrected chi connectivity index (χ0v) is 19.1. The van der Waals surface area contributed by atoms with Gasteiger partial charge in [0.05, 0.1) is 18.7 Å². The molecule has 0 aliphatic heterocycles. The fourth-order valence-electron chi connectivity index (χ4n) is 3.63. The van der Waals surface area contributed by atoms with Crippen LogP contribution < -0.4 is 9.47 Å². The van der Waals surface area contributed by atoms with Crippen LogP contribution in [0.1, 0.15) is 24.5 Å². The molecule has 6 nitrogen and oxygen atoms in total. The van der Waals surface area contributed by atoms with Crippen molar-refractivity contribution in [2.45, 2.75) is 26.2 Å². The number of ether oxygens (including phenoxy) is 2. The number of ketones is 1. The summed E-state index contributed by atoms with van der Waals surface area (Å²) < 4.78 is 24.9. The van der Waals surface area contributed by atoms with Crippen molar-refractivity contribution < 1.29 is 23.8 Å². The monoisotopic (exact) mass is 470 g/mol. The van der Waals surface area contributed by atoms with E-state index < -0.39 is 5.82 Å². The average Bonchev–Trinajstić information content (AvgIpc) is 2.85. The summed E-state index contributed by atoms with van der Waals surface area (Å²) in [5, 5.41) is 10.5. The molecule has 0 aliphatic rings. The molecule has 0 spiro atoms. The number of aromatic nitrogens is 1. The van der Waals surface area contributed by atoms with Gasteiger partial charge in [-0.3, -0.25) is 9.78 Å². The molecule has 0 atom stereocenters. The highest BCUT2D eigenvalue weighted by atomic mass is 19.1. The molecule has 4 rings (SSSR count). The Bertz CT molecular complexity index is 1410. The lowest BCUT2D eigenvalue weighted by Crippen LogP contribution is -2.06. The predicted octanol–water partition coefficient (Wildman–Crippen LogP) is 6.57. The van der Waals surface area contributed by atoms with Crippen LogP contribution in [0.4, 0.5) is 10.1 Å². The Morgan fingerprint density at radius 2 is 1.86 bits per heavy atom. The summed E-state index contributed by atoms with van der Waals surface area (Å²) >= 11 is 0. The summed E-state index contributed by atoms with van der Waals surface area (Å²) in [6.45, 7) is 10.0. The van der Waals surface area contributed by atoms with Crippen molar-refractivity contribution >= 4 is 22.4 Å². The van der Waals surface area contributed by atoms with Gasteiger partial charge in [-0.25, -0.2) is 9.24 Å². The van der Waals surface area contributed by atoms with Gasteiger partial charge in [-0.2, -0.15) is 0 Å². The molecule has 7 heteroatoms. The van der Waals surface area contributed by atoms with Crippen LogP contribution in [0.5, 0.6) is 23.0 Å². The Morgan fingerprint density at radius 3 is 2.57 bits per heavy atom. The number of hydrogen-bond acceptors (Lipinski definition) is 5. The van der Waals surface area contributed by atoms with E-state index in [9.17, 15) is 14.3 Å². The van der Waals surface area contributed by atoms with Crippen molar-refractivity contribution in [2.24, 2.45) is 0 Å². The third-order valence-corrected chi connectivity index (χ3v) is 5.35. The molecule has 1 N–H and O–H groups in total. The third kappa shape index (κ3) is 5.74. The maximum Gasteiger partial charge on any atom is 0.229 e. The molecule has 4 aromatic rings. The number of pyridine rings is 1. The van der Waals surface area contributed by atoms with Gasteiger partial charge in [0.15, 0.2) is 0 Å². The van der Waals surface area contributed by atoms with Crippen LogP contribution in [0.2, 0.25) is 0 Å². The number of benzene rings is 3. The standard InChI is InChI=1S/C28H23FN2O4/c1-3-12-34-28-17-24-23(16-25(28)30-2)27(10-11-31-24)35-22-8-4-18(5-9-22)13-21(32)14-19-6-7-20(29)15-26(19)33/h4-11,15-17,33H,3,12-14H2,1H3. The SMILES string of the molecule is [C-]#[N+]c1cc2c(Oc3ccc(CC(=O)Cc4ccc(F)cc4O)cc3)ccnc2cc1OCCC. The van der Waals surface area contributed by atoms with Gasteiger partial charge in [-0.15, -0.1) is 0 Å². The Morgan fingerprint density at radius 1 is 1.06 bits per heavy atom. The first kappa shape index (κ1) is 23.7. The molecule has 3 aromatic carbocycles. The molecule has 0 radical (unpaired) electrons. The first-order valence-corrected chi connectivity index (χ1v) is 11.2. The fourth-order valence-corrected chi connectivity index (χ4v) is 3.63. The molecule has 1 aromatic heterocycles. The topological polar surface area (TPSA) is 73.0 Å². The number of rotatable bonds is 9. The van der Waals surface area contributed by atoms with E-state index >= 15 is 0 Å². The Labute approximate surface area is 202 Å². The molecule has 0 aliphatic carbocycles. The van der Waals surface area contributed by atoms with Crippen molar-refractivity contribution in [3.05, 3.63) is 95.2 Å². The second-order valence-electron chi connectivity index (χ2n) is 8.02. The zero-order chi connectivity index (χ0) is 24.8. The number of fused-ring (bicyclic) bond motifs is 1. The zero-order valence-electron chi connectivity index (χ0n) is 19.1. The summed E-state index contributed by atoms with van der Waals surface area (Å²) in [5.41, 5.74) is 2.23. The van der Waals surface area contributed by atoms with Gasteiger partial charge in [-0.1, -0.05) is 25.1 Å². The van der Waals surface area contributed by atoms with E-state index in [0.29, 0.717) is 46.0 Å². The van der Waals surface area contributed by atoms with Crippen molar-refractivity contribution in [1.82, 2.24) is 4.98 Å². The van der Waals surface area contributed by atoms with E-state index in [-0.39, 0.29) is 24.4 Å². The van der Waals surface area contributed by atoms with E-state index in [1.54, 1.807) is 48.7 Å². The third-order valence-electron chi connectivity index (χ3n) is 5.35. The molecule has 176 valence electrons. The van der Waals surface area contributed by atoms with Crippen LogP contribution >= 0.6 is 0 Å². The molecular formula is C28H23FN2O4. The smallest absolute Gasteiger partial charge is 0.229 e. The highest BCUT2D eigenvalue weighted by Gasteiger charge is 2.13. The fraction of sp³-hybridized carbons (Fsp3) is 0.179. The minimum Gasteiger partial charge on any atom is -0.508 e. The predicted molar refractivity (Wildman–Crippen MR) is 131 cm³/mol. The Hall–Kier alpha value is -4.44. The Balaban J connectivity index is 1.47. The highest BCUT2D eigenvalue weighted by Crippen LogP contribution is 2.37. The van der Waals surface area contributed by atoms with Crippen LogP contribution in [-0.4, -0.2) is 22.5 Å². The number of carbonyl (C=O) groups excluding carboxylic acids is 1. The largest absolute Gasteiger partial charge is 0.508 e. The van der Waals surface area contributed by atoms with E-state index in [2.05, 4.69) is 9.83 Å². The van der Waals surface area contributed by atoms with Crippen molar-refractivity contribution in [1.29, 1.82) is 0 Å². The summed E-state index contributed by atoms with van der Waals surface area (Å²) in [4.78, 5) is 20.4. The minimum atomic E-state index is -0.549. The number of phenols is 1. The number of phenolic OH excluding ortho intramolecular Hbond substituents is 1. The average molecular weight is 471 g/mol. The minimum absolute atomic E-state index is 0.0146. The molecule has 0 fully saturated rings. The molecule has 0 bridgehead atoms. The lowest BCUT2D eigenvalue weighted by atomic mass is 10.0. The summed E-state index contributed by atoms with van der Waals surface area (Å²) in [6, 6.07) is 15.9. The lowest BCUT2D eigenvalue weighted by molar-refractivity contribution is -0.117. The summed E-state index contributed by atoms with van der Waals surface area (Å²) in [6.07, 6.45) is 2.66. The van der Waals surface area contributed by atoms with Gasteiger partial charge in [0.2, 0.25) is 5.69 Å². The van der Waals surface area contributed by atoms with Gasteiger partial charge >= 0.3 is 0 Å². The van der Waals surface area contributed by atoms with Crippen LogP contribution in [0, 0.1) is 12.4 Å². The van der Waals surface area contributed by atoms with Crippen molar-refractivity contribution in [3.63, 3.8) is 0 Å². The maximum atomic E-state index is 13.1. The quantitative estimate of drug-likeness (QED) is 0.280. The number of halogens is 1. The van der Waals surface area contributed by atoms with Gasteiger partial charge < -0.3 is 14.6 Å². The van der Waals surface area contributed by atoms with Crippen LogP contribution in [-0.2, 0) is 17.6 Å². The second kappa shape index (κ2) is 10.7. The number of carbonyl (C=O) groups is 1. The molecule has 0 saturated heterocycles. The summed E-state index contributed by atoms with van der Waals surface area (Å²) in [5.74, 6) is 0.748. The molecule has 35 heavy (non-hydrogen) atoms. The van der Waals surface area contributed by atoms with E-state index in [4.69, 9.17) is 16.0 Å². The highest BCUT2D eigenvalue weighted by molar-refractivity contribution is 5.91. The molecule has 0 amide bonds. The number of nitrogens with zero attached hydrogens (tertiary/aromatic N) is 2. The van der Waals surface area contributed by atoms with Crippen molar-refractivity contribution in [2.75, 3.05) is 6.61 Å². The van der Waals surface area contributed by atoms with E-state index in [0.717, 1.165) is 18.1 Å². The Kier molecular flexibility index (Phi) is 7.22. The number of Topliss-reactive ketones (excluding diaryl/α,β-unsaturated/α-hetero) is 1. The molecule has 0 unspecified atom stereocenters. The van der Waals surface area contributed by atoms with E-state index in [1.807, 2.05) is 6.92 Å². The van der Waals surface area contributed by atoms with E-state index in [1.165, 1.54) is 12.1 Å². The molecular weight excluding hydrogens is 447 g/mol. The van der Waals surface area contributed by atoms with Crippen LogP contribution in [0.25, 0.3) is 15.7 Å². The van der Waals surface area contributed by atoms with Crippen LogP contribution in [0.3, 0.4) is 0 Å². The maximum absolute atomic E-state index is 13.1. The van der Waals surface area contributed by atoms with Crippen molar-refractivity contribution in [3.8, 4) is 23.0 Å². The lowest BCUT2D eigenvalue weighted by Gasteiger charge is -2.12. The number of aromatic hydroxyl groups is 1. The van der Waals surface area contributed by atoms with Crippen LogP contribution in [0.15, 0.2) is 66.9 Å². The molecule has 0 saturated carbocycles. The first-order chi connectivity index (χ1) is 17.0. The summed E-state index contributed by atoms with van der Waals surface area (Å²) in [7, 11) is 0. The first-order valence-electron chi connectivity index (χ1n) is 11.2. The normalized spacial score (nSPS) is 10.7. The van der Waals surface area contributed by atoms with Gasteiger partial charge in [0.1, 0.15) is 34.6 Å². The van der Waals surface area contributed by atoms with Gasteiger partial charge in [0.25, 0.3) is 0 Å². The van der Waals surface area contributed by atoms with Gasteiger partial charge in [-0.05, 0) is 48.4 Å². The van der Waals surface area contributed by atoms with Gasteiger partial charge in [0, 0.05) is 36.1 Å². The second-order valence-corrected chi connectivity index (χ2v) is 8.02. The molecule has 1 heterocycles.